The van der Waals surface area contributed by atoms with Gasteiger partial charge in [0.15, 0.2) is 0 Å². The maximum absolute atomic E-state index is 12.5. The minimum atomic E-state index is -3.79. The van der Waals surface area contributed by atoms with E-state index < -0.39 is 16.0 Å². The van der Waals surface area contributed by atoms with E-state index in [9.17, 15) is 18.3 Å². The number of pyridine rings is 1. The summed E-state index contributed by atoms with van der Waals surface area (Å²) in [5, 5.41) is 18.6. The Morgan fingerprint density at radius 2 is 1.69 bits per heavy atom. The summed E-state index contributed by atoms with van der Waals surface area (Å²) in [4.78, 5) is 15.1. The molecule has 0 amide bonds. The fourth-order valence-electron chi connectivity index (χ4n) is 2.43. The van der Waals surface area contributed by atoms with Gasteiger partial charge in [0.1, 0.15) is 17.1 Å². The lowest BCUT2D eigenvalue weighted by atomic mass is 10.1. The van der Waals surface area contributed by atoms with Crippen LogP contribution in [0.15, 0.2) is 65.7 Å². The molecule has 0 fully saturated rings. The lowest BCUT2D eigenvalue weighted by Gasteiger charge is -2.09. The van der Waals surface area contributed by atoms with Gasteiger partial charge in [-0.2, -0.15) is 0 Å². The van der Waals surface area contributed by atoms with Crippen molar-refractivity contribution in [2.45, 2.75) is 11.8 Å². The van der Waals surface area contributed by atoms with E-state index in [1.54, 1.807) is 31.2 Å². The number of hydrogen-bond acceptors (Lipinski definition) is 5. The van der Waals surface area contributed by atoms with Gasteiger partial charge in [-0.1, -0.05) is 17.9 Å². The van der Waals surface area contributed by atoms with Gasteiger partial charge >= 0.3 is 5.97 Å². The van der Waals surface area contributed by atoms with Gasteiger partial charge in [-0.15, -0.1) is 0 Å². The Hall–Kier alpha value is -3.83. The molecule has 2 aromatic carbocycles. The summed E-state index contributed by atoms with van der Waals surface area (Å²) >= 11 is 0. The molecule has 0 saturated heterocycles. The second-order valence-corrected chi connectivity index (χ2v) is 7.77. The highest BCUT2D eigenvalue weighted by molar-refractivity contribution is 7.92. The molecule has 0 aliphatic carbocycles. The first-order chi connectivity index (χ1) is 13.8. The van der Waals surface area contributed by atoms with Gasteiger partial charge in [-0.25, -0.2) is 18.2 Å². The molecular weight excluding hydrogens is 392 g/mol. The minimum Gasteiger partial charge on any atom is -0.507 e. The molecule has 0 atom stereocenters. The zero-order valence-corrected chi connectivity index (χ0v) is 16.1. The van der Waals surface area contributed by atoms with E-state index in [-0.39, 0.29) is 22.0 Å². The predicted molar refractivity (Wildman–Crippen MR) is 107 cm³/mol. The van der Waals surface area contributed by atoms with Crippen LogP contribution in [-0.2, 0) is 10.0 Å². The van der Waals surface area contributed by atoms with E-state index in [0.717, 1.165) is 0 Å². The molecule has 0 saturated carbocycles. The van der Waals surface area contributed by atoms with Gasteiger partial charge in [0.05, 0.1) is 4.90 Å². The van der Waals surface area contributed by atoms with Gasteiger partial charge in [-0.3, -0.25) is 4.72 Å². The zero-order valence-electron chi connectivity index (χ0n) is 15.2. The Labute approximate surface area is 167 Å². The second kappa shape index (κ2) is 8.04. The molecule has 0 radical (unpaired) electrons. The predicted octanol–water partition coefficient (Wildman–Crippen LogP) is 2.99. The Morgan fingerprint density at radius 3 is 2.34 bits per heavy atom. The summed E-state index contributed by atoms with van der Waals surface area (Å²) in [7, 11) is -3.79. The van der Waals surface area contributed by atoms with Crippen LogP contribution in [0.3, 0.4) is 0 Å². The van der Waals surface area contributed by atoms with Gasteiger partial charge in [0.2, 0.25) is 0 Å². The molecule has 0 spiro atoms. The summed E-state index contributed by atoms with van der Waals surface area (Å²) in [5.41, 5.74) is 1.41. The summed E-state index contributed by atoms with van der Waals surface area (Å²) < 4.78 is 27.5. The smallest absolute Gasteiger partial charge is 0.339 e. The molecule has 0 aliphatic rings. The van der Waals surface area contributed by atoms with Crippen LogP contribution < -0.4 is 4.72 Å². The van der Waals surface area contributed by atoms with Crippen LogP contribution in [0.5, 0.6) is 5.75 Å². The number of nitrogens with one attached hydrogen (secondary N) is 1. The number of nitrogens with zero attached hydrogens (tertiary/aromatic N) is 1. The lowest BCUT2D eigenvalue weighted by molar-refractivity contribution is 0.0693. The molecule has 3 N–H and O–H groups in total. The Kier molecular flexibility index (Phi) is 5.52. The lowest BCUT2D eigenvalue weighted by Crippen LogP contribution is -2.14. The van der Waals surface area contributed by atoms with Gasteiger partial charge in [0, 0.05) is 17.3 Å². The maximum Gasteiger partial charge on any atom is 0.339 e. The summed E-state index contributed by atoms with van der Waals surface area (Å²) in [6, 6.07) is 13.4. The molecule has 0 aliphatic heterocycles. The van der Waals surface area contributed by atoms with Crippen molar-refractivity contribution in [3.05, 3.63) is 83.0 Å². The molecule has 1 heterocycles. The van der Waals surface area contributed by atoms with Crippen molar-refractivity contribution in [1.29, 1.82) is 0 Å². The number of hydrogen-bond donors (Lipinski definition) is 3. The molecule has 3 rings (SSSR count). The van der Waals surface area contributed by atoms with Gasteiger partial charge in [0.25, 0.3) is 10.0 Å². The van der Waals surface area contributed by atoms with E-state index in [0.29, 0.717) is 16.7 Å². The topological polar surface area (TPSA) is 117 Å². The molecule has 0 bridgehead atoms. The van der Waals surface area contributed by atoms with Crippen molar-refractivity contribution in [2.24, 2.45) is 0 Å². The van der Waals surface area contributed by atoms with Crippen molar-refractivity contribution in [3.63, 3.8) is 0 Å². The first kappa shape index (κ1) is 19.9. The number of carboxylic acid groups (broad SMARTS) is 1. The first-order valence-corrected chi connectivity index (χ1v) is 9.87. The standard InChI is InChI=1S/C21H16N2O5S/c1-14-3-2-12-22-20(14)23-29(27,28)17-9-6-15(7-10-17)4-5-16-8-11-19(24)18(13-16)21(25)26/h2-3,6-13,24H,1H3,(H,22,23)(H,25,26). The third kappa shape index (κ3) is 4.72. The summed E-state index contributed by atoms with van der Waals surface area (Å²) in [5.74, 6) is 4.29. The van der Waals surface area contributed by atoms with E-state index >= 15 is 0 Å². The molecule has 0 unspecified atom stereocenters. The van der Waals surface area contributed by atoms with Crippen LogP contribution in [0.4, 0.5) is 5.82 Å². The van der Waals surface area contributed by atoms with E-state index in [2.05, 4.69) is 21.5 Å². The van der Waals surface area contributed by atoms with Gasteiger partial charge < -0.3 is 10.2 Å². The number of phenols is 1. The van der Waals surface area contributed by atoms with E-state index in [1.807, 2.05) is 0 Å². The van der Waals surface area contributed by atoms with Crippen LogP contribution in [-0.4, -0.2) is 29.6 Å². The number of anilines is 1. The summed E-state index contributed by atoms with van der Waals surface area (Å²) in [6.07, 6.45) is 1.50. The number of rotatable bonds is 4. The van der Waals surface area contributed by atoms with Crippen LogP contribution in [0, 0.1) is 18.8 Å². The highest BCUT2D eigenvalue weighted by atomic mass is 32.2. The fourth-order valence-corrected chi connectivity index (χ4v) is 3.51. The number of carbonyl (C=O) groups is 1. The largest absolute Gasteiger partial charge is 0.507 e. The van der Waals surface area contributed by atoms with Crippen molar-refractivity contribution < 1.29 is 23.4 Å². The Balaban J connectivity index is 1.81. The number of aromatic nitrogens is 1. The van der Waals surface area contributed by atoms with E-state index in [4.69, 9.17) is 5.11 Å². The molecule has 7 nitrogen and oxygen atoms in total. The average molecular weight is 408 g/mol. The third-order valence-electron chi connectivity index (χ3n) is 3.98. The second-order valence-electron chi connectivity index (χ2n) is 6.09. The number of sulfonamides is 1. The van der Waals surface area contributed by atoms with Crippen LogP contribution in [0.2, 0.25) is 0 Å². The average Bonchev–Trinajstić information content (AvgIpc) is 2.69. The van der Waals surface area contributed by atoms with Crippen molar-refractivity contribution >= 4 is 21.8 Å². The SMILES string of the molecule is Cc1cccnc1NS(=O)(=O)c1ccc(C#Cc2ccc(O)c(C(=O)O)c2)cc1. The molecule has 3 aromatic rings. The third-order valence-corrected chi connectivity index (χ3v) is 5.34. The van der Waals surface area contributed by atoms with Crippen LogP contribution in [0.1, 0.15) is 27.0 Å². The summed E-state index contributed by atoms with van der Waals surface area (Å²) in [6.45, 7) is 1.75. The highest BCUT2D eigenvalue weighted by Gasteiger charge is 2.15. The highest BCUT2D eigenvalue weighted by Crippen LogP contribution is 2.19. The minimum absolute atomic E-state index is 0.0610. The number of aryl methyl sites for hydroxylation is 1. The van der Waals surface area contributed by atoms with Crippen LogP contribution >= 0.6 is 0 Å². The molecular formula is C21H16N2O5S. The quantitative estimate of drug-likeness (QED) is 0.572. The monoisotopic (exact) mass is 408 g/mol. The van der Waals surface area contributed by atoms with E-state index in [1.165, 1.54) is 36.5 Å². The maximum atomic E-state index is 12.5. The number of benzene rings is 2. The molecule has 29 heavy (non-hydrogen) atoms. The number of aromatic hydroxyl groups is 1. The zero-order chi connectivity index (χ0) is 21.0. The molecule has 1 aromatic heterocycles. The van der Waals surface area contributed by atoms with Crippen molar-refractivity contribution in [1.82, 2.24) is 4.98 Å². The normalized spacial score (nSPS) is 10.7. The Bertz CT molecular complexity index is 1240. The van der Waals surface area contributed by atoms with Crippen molar-refractivity contribution in [3.8, 4) is 17.6 Å². The fraction of sp³-hybridized carbons (Fsp3) is 0.0476. The van der Waals surface area contributed by atoms with Crippen LogP contribution in [0.25, 0.3) is 0 Å². The molecule has 146 valence electrons. The first-order valence-electron chi connectivity index (χ1n) is 8.39. The number of carboxylic acids is 1. The molecule has 8 heteroatoms. The number of aromatic carboxylic acids is 1. The Morgan fingerprint density at radius 1 is 1.03 bits per heavy atom. The van der Waals surface area contributed by atoms with Gasteiger partial charge in [-0.05, 0) is 61.0 Å². The van der Waals surface area contributed by atoms with Crippen molar-refractivity contribution in [2.75, 3.05) is 4.72 Å².